The molecule has 22 heavy (non-hydrogen) atoms. The van der Waals surface area contributed by atoms with Crippen LogP contribution in [0.3, 0.4) is 0 Å². The number of hydrogen-bond donors (Lipinski definition) is 1. The van der Waals surface area contributed by atoms with Crippen LogP contribution in [0.4, 0.5) is 0 Å². The number of aromatic nitrogens is 3. The molecule has 1 aliphatic heterocycles. The van der Waals surface area contributed by atoms with Crippen LogP contribution in [-0.4, -0.2) is 26.4 Å². The van der Waals surface area contributed by atoms with Crippen LogP contribution in [-0.2, 0) is 19.5 Å². The number of hydrogen-bond acceptors (Lipinski definition) is 3. The summed E-state index contributed by atoms with van der Waals surface area (Å²) in [7, 11) is 0. The zero-order valence-electron chi connectivity index (χ0n) is 12.4. The van der Waals surface area contributed by atoms with E-state index in [2.05, 4.69) is 39.1 Å². The Balaban J connectivity index is 1.53. The smallest absolute Gasteiger partial charge is 0.137 e. The first kappa shape index (κ1) is 13.2. The molecule has 0 bridgehead atoms. The summed E-state index contributed by atoms with van der Waals surface area (Å²) in [4.78, 5) is 14.8. The number of rotatable bonds is 3. The van der Waals surface area contributed by atoms with Gasteiger partial charge in [0.1, 0.15) is 5.82 Å². The van der Waals surface area contributed by atoms with Crippen LogP contribution in [0.2, 0.25) is 0 Å². The van der Waals surface area contributed by atoms with E-state index in [0.717, 1.165) is 37.4 Å². The van der Waals surface area contributed by atoms with E-state index in [1.54, 1.807) is 0 Å². The van der Waals surface area contributed by atoms with Crippen molar-refractivity contribution in [3.8, 4) is 11.4 Å². The van der Waals surface area contributed by atoms with Gasteiger partial charge in [-0.3, -0.25) is 9.88 Å². The molecule has 0 fully saturated rings. The molecular formula is C18H18N4. The van der Waals surface area contributed by atoms with Crippen molar-refractivity contribution in [2.75, 3.05) is 6.54 Å². The summed E-state index contributed by atoms with van der Waals surface area (Å²) in [5.74, 6) is 0.983. The number of imidazole rings is 1. The predicted molar refractivity (Wildman–Crippen MR) is 86.1 cm³/mol. The third kappa shape index (κ3) is 2.65. The number of nitrogens with zero attached hydrogens (tertiary/aromatic N) is 3. The molecule has 0 radical (unpaired) electrons. The van der Waals surface area contributed by atoms with E-state index in [1.807, 2.05) is 30.6 Å². The Kier molecular flexibility index (Phi) is 3.45. The fourth-order valence-corrected chi connectivity index (χ4v) is 2.96. The molecule has 0 aliphatic carbocycles. The number of aromatic amines is 1. The SMILES string of the molecule is c1ccc(-c2nc3c([nH]2)CN(Cc2ccncc2)CC3)cc1. The summed E-state index contributed by atoms with van der Waals surface area (Å²) in [6.45, 7) is 2.94. The Hall–Kier alpha value is -2.46. The number of pyridine rings is 1. The Bertz CT molecular complexity index is 749. The van der Waals surface area contributed by atoms with Gasteiger partial charge in [0.05, 0.1) is 11.4 Å². The summed E-state index contributed by atoms with van der Waals surface area (Å²) in [6, 6.07) is 14.5. The van der Waals surface area contributed by atoms with E-state index in [0.29, 0.717) is 0 Å². The molecule has 110 valence electrons. The molecule has 0 spiro atoms. The molecule has 4 rings (SSSR count). The maximum absolute atomic E-state index is 4.77. The molecule has 0 unspecified atom stereocenters. The van der Waals surface area contributed by atoms with Crippen LogP contribution in [0.5, 0.6) is 0 Å². The number of fused-ring (bicyclic) bond motifs is 1. The van der Waals surface area contributed by atoms with Gasteiger partial charge in [0.15, 0.2) is 0 Å². The Morgan fingerprint density at radius 1 is 1.05 bits per heavy atom. The van der Waals surface area contributed by atoms with Gasteiger partial charge in [-0.2, -0.15) is 0 Å². The highest BCUT2D eigenvalue weighted by molar-refractivity contribution is 5.55. The fourth-order valence-electron chi connectivity index (χ4n) is 2.96. The van der Waals surface area contributed by atoms with Gasteiger partial charge in [-0.1, -0.05) is 30.3 Å². The second-order valence-electron chi connectivity index (χ2n) is 5.69. The quantitative estimate of drug-likeness (QED) is 0.806. The van der Waals surface area contributed by atoms with Crippen LogP contribution in [0.1, 0.15) is 17.0 Å². The minimum Gasteiger partial charge on any atom is -0.341 e. The average molecular weight is 290 g/mol. The van der Waals surface area contributed by atoms with E-state index in [1.165, 1.54) is 17.0 Å². The normalized spacial score (nSPS) is 14.7. The Morgan fingerprint density at radius 3 is 2.68 bits per heavy atom. The van der Waals surface area contributed by atoms with E-state index in [-0.39, 0.29) is 0 Å². The molecule has 1 aromatic carbocycles. The summed E-state index contributed by atoms with van der Waals surface area (Å²) in [6.07, 6.45) is 4.71. The molecule has 0 saturated carbocycles. The minimum absolute atomic E-state index is 0.928. The van der Waals surface area contributed by atoms with Gasteiger partial charge >= 0.3 is 0 Å². The van der Waals surface area contributed by atoms with Crippen LogP contribution < -0.4 is 0 Å². The molecule has 0 saturated heterocycles. The lowest BCUT2D eigenvalue weighted by molar-refractivity contribution is 0.241. The van der Waals surface area contributed by atoms with E-state index in [9.17, 15) is 0 Å². The van der Waals surface area contributed by atoms with Gasteiger partial charge in [0.2, 0.25) is 0 Å². The highest BCUT2D eigenvalue weighted by Crippen LogP contribution is 2.23. The zero-order chi connectivity index (χ0) is 14.8. The maximum atomic E-state index is 4.77. The molecule has 4 nitrogen and oxygen atoms in total. The van der Waals surface area contributed by atoms with Crippen molar-refractivity contribution in [1.82, 2.24) is 19.9 Å². The van der Waals surface area contributed by atoms with E-state index in [4.69, 9.17) is 4.98 Å². The molecule has 0 amide bonds. The Morgan fingerprint density at radius 2 is 1.86 bits per heavy atom. The highest BCUT2D eigenvalue weighted by atomic mass is 15.2. The summed E-state index contributed by atoms with van der Waals surface area (Å²) < 4.78 is 0. The van der Waals surface area contributed by atoms with Crippen molar-refractivity contribution in [2.24, 2.45) is 0 Å². The standard InChI is InChI=1S/C18H18N4/c1-2-4-15(5-3-1)18-20-16-8-11-22(13-17(16)21-18)12-14-6-9-19-10-7-14/h1-7,9-10H,8,11-13H2,(H,20,21). The topological polar surface area (TPSA) is 44.8 Å². The molecule has 3 heterocycles. The van der Waals surface area contributed by atoms with Crippen molar-refractivity contribution in [2.45, 2.75) is 19.5 Å². The largest absolute Gasteiger partial charge is 0.341 e. The molecule has 0 atom stereocenters. The molecule has 1 aliphatic rings. The third-order valence-corrected chi connectivity index (χ3v) is 4.11. The van der Waals surface area contributed by atoms with Crippen LogP contribution in [0, 0.1) is 0 Å². The maximum Gasteiger partial charge on any atom is 0.137 e. The lowest BCUT2D eigenvalue weighted by Crippen LogP contribution is -2.30. The molecule has 1 N–H and O–H groups in total. The summed E-state index contributed by atoms with van der Waals surface area (Å²) in [5, 5.41) is 0. The minimum atomic E-state index is 0.928. The first-order valence-electron chi connectivity index (χ1n) is 7.63. The van der Waals surface area contributed by atoms with Gasteiger partial charge < -0.3 is 4.98 Å². The molecular weight excluding hydrogens is 272 g/mol. The molecule has 2 aromatic heterocycles. The van der Waals surface area contributed by atoms with Crippen LogP contribution in [0.15, 0.2) is 54.9 Å². The third-order valence-electron chi connectivity index (χ3n) is 4.11. The lowest BCUT2D eigenvalue weighted by Gasteiger charge is -2.25. The van der Waals surface area contributed by atoms with Gasteiger partial charge in [0.25, 0.3) is 0 Å². The van der Waals surface area contributed by atoms with Crippen molar-refractivity contribution in [1.29, 1.82) is 0 Å². The van der Waals surface area contributed by atoms with Gasteiger partial charge in [0, 0.05) is 44.0 Å². The monoisotopic (exact) mass is 290 g/mol. The summed E-state index contributed by atoms with van der Waals surface area (Å²) >= 11 is 0. The number of benzene rings is 1. The Labute approximate surface area is 129 Å². The number of H-pyrrole nitrogens is 1. The zero-order valence-corrected chi connectivity index (χ0v) is 12.4. The first-order valence-corrected chi connectivity index (χ1v) is 7.63. The van der Waals surface area contributed by atoms with Gasteiger partial charge in [-0.05, 0) is 17.7 Å². The average Bonchev–Trinajstić information content (AvgIpc) is 3.00. The van der Waals surface area contributed by atoms with Gasteiger partial charge in [-0.25, -0.2) is 4.98 Å². The second-order valence-corrected chi connectivity index (χ2v) is 5.69. The van der Waals surface area contributed by atoms with Crippen LogP contribution in [0.25, 0.3) is 11.4 Å². The van der Waals surface area contributed by atoms with Gasteiger partial charge in [-0.15, -0.1) is 0 Å². The summed E-state index contributed by atoms with van der Waals surface area (Å²) in [5.41, 5.74) is 4.92. The second kappa shape index (κ2) is 5.73. The number of nitrogens with one attached hydrogen (secondary N) is 1. The first-order chi connectivity index (χ1) is 10.9. The lowest BCUT2D eigenvalue weighted by atomic mass is 10.1. The van der Waals surface area contributed by atoms with Crippen molar-refractivity contribution in [3.63, 3.8) is 0 Å². The van der Waals surface area contributed by atoms with Crippen molar-refractivity contribution in [3.05, 3.63) is 71.8 Å². The highest BCUT2D eigenvalue weighted by Gasteiger charge is 2.20. The van der Waals surface area contributed by atoms with E-state index < -0.39 is 0 Å². The van der Waals surface area contributed by atoms with Crippen molar-refractivity contribution < 1.29 is 0 Å². The fraction of sp³-hybridized carbons (Fsp3) is 0.222. The molecule has 4 heteroatoms. The predicted octanol–water partition coefficient (Wildman–Crippen LogP) is 3.03. The van der Waals surface area contributed by atoms with E-state index >= 15 is 0 Å². The molecule has 3 aromatic rings. The van der Waals surface area contributed by atoms with Crippen molar-refractivity contribution >= 4 is 0 Å². The van der Waals surface area contributed by atoms with Crippen LogP contribution >= 0.6 is 0 Å².